The average Bonchev–Trinajstić information content (AvgIpc) is 2.58. The highest BCUT2D eigenvalue weighted by Gasteiger charge is 2.20. The second kappa shape index (κ2) is 8.94. The van der Waals surface area contributed by atoms with E-state index in [0.717, 1.165) is 36.6 Å². The Morgan fingerprint density at radius 2 is 1.82 bits per heavy atom. The van der Waals surface area contributed by atoms with E-state index in [4.69, 9.17) is 0 Å². The number of amides is 1. The molecular formula is C19H30N2O. The fraction of sp³-hybridized carbons (Fsp3) is 0.632. The molecule has 1 aromatic carbocycles. The Bertz CT molecular complexity index is 464. The molecule has 1 aromatic rings. The summed E-state index contributed by atoms with van der Waals surface area (Å²) in [6, 6.07) is 7.95. The third kappa shape index (κ3) is 4.84. The second-order valence-corrected chi connectivity index (χ2v) is 6.52. The molecule has 1 amide bonds. The maximum Gasteiger partial charge on any atom is 0.251 e. The molecule has 1 aliphatic carbocycles. The molecule has 0 spiro atoms. The Hall–Kier alpha value is -1.35. The average molecular weight is 302 g/mol. The van der Waals surface area contributed by atoms with Gasteiger partial charge in [-0.25, -0.2) is 0 Å². The van der Waals surface area contributed by atoms with Crippen molar-refractivity contribution in [3.05, 3.63) is 35.4 Å². The van der Waals surface area contributed by atoms with Crippen LogP contribution in [0.15, 0.2) is 24.3 Å². The Morgan fingerprint density at radius 3 is 2.50 bits per heavy atom. The lowest BCUT2D eigenvalue weighted by molar-refractivity contribution is 0.0940. The van der Waals surface area contributed by atoms with Crippen LogP contribution >= 0.6 is 0 Å². The first kappa shape index (κ1) is 17.0. The van der Waals surface area contributed by atoms with Gasteiger partial charge in [-0.2, -0.15) is 0 Å². The fourth-order valence-electron chi connectivity index (χ4n) is 3.40. The summed E-state index contributed by atoms with van der Waals surface area (Å²) >= 11 is 0. The Labute approximate surface area is 134 Å². The number of carbonyl (C=O) groups excluding carboxylic acids is 1. The van der Waals surface area contributed by atoms with Crippen LogP contribution in [-0.4, -0.2) is 26.0 Å². The van der Waals surface area contributed by atoms with Crippen LogP contribution in [0.25, 0.3) is 0 Å². The van der Waals surface area contributed by atoms with Crippen molar-refractivity contribution in [2.45, 2.75) is 45.4 Å². The minimum absolute atomic E-state index is 0.0873. The standard InChI is InChI=1S/C19H30N2O/c1-3-15-8-10-16(11-9-15)14-21-19(22)18-7-5-4-6-17(18)12-13-20-2/h4-7,15-16,20H,3,8-14H2,1-2H3,(H,21,22). The predicted molar refractivity (Wildman–Crippen MR) is 92.1 cm³/mol. The smallest absolute Gasteiger partial charge is 0.251 e. The van der Waals surface area contributed by atoms with E-state index in [1.165, 1.54) is 32.1 Å². The molecule has 1 fully saturated rings. The highest BCUT2D eigenvalue weighted by molar-refractivity contribution is 5.95. The van der Waals surface area contributed by atoms with Gasteiger partial charge in [0.15, 0.2) is 0 Å². The molecule has 0 aliphatic heterocycles. The third-order valence-electron chi connectivity index (χ3n) is 5.00. The molecule has 0 heterocycles. The van der Waals surface area contributed by atoms with Crippen LogP contribution in [0.2, 0.25) is 0 Å². The van der Waals surface area contributed by atoms with E-state index < -0.39 is 0 Å². The van der Waals surface area contributed by atoms with Gasteiger partial charge in [0.05, 0.1) is 0 Å². The largest absolute Gasteiger partial charge is 0.352 e. The van der Waals surface area contributed by atoms with Gasteiger partial charge in [-0.15, -0.1) is 0 Å². The fourth-order valence-corrected chi connectivity index (χ4v) is 3.40. The zero-order chi connectivity index (χ0) is 15.8. The Morgan fingerprint density at radius 1 is 1.14 bits per heavy atom. The van der Waals surface area contributed by atoms with Crippen molar-refractivity contribution >= 4 is 5.91 Å². The van der Waals surface area contributed by atoms with Crippen molar-refractivity contribution in [3.8, 4) is 0 Å². The number of nitrogens with one attached hydrogen (secondary N) is 2. The molecule has 2 N–H and O–H groups in total. The SMILES string of the molecule is CCC1CCC(CNC(=O)c2ccccc2CCNC)CC1. The van der Waals surface area contributed by atoms with Crippen LogP contribution in [0.4, 0.5) is 0 Å². The van der Waals surface area contributed by atoms with Gasteiger partial charge in [0.25, 0.3) is 5.91 Å². The molecule has 3 nitrogen and oxygen atoms in total. The zero-order valence-electron chi connectivity index (χ0n) is 14.0. The van der Waals surface area contributed by atoms with Gasteiger partial charge in [-0.05, 0) is 56.3 Å². The molecule has 22 heavy (non-hydrogen) atoms. The summed E-state index contributed by atoms with van der Waals surface area (Å²) in [7, 11) is 1.94. The number of rotatable bonds is 7. The van der Waals surface area contributed by atoms with Crippen molar-refractivity contribution in [2.75, 3.05) is 20.1 Å². The number of carbonyl (C=O) groups is 1. The van der Waals surface area contributed by atoms with Crippen LogP contribution in [0.3, 0.4) is 0 Å². The van der Waals surface area contributed by atoms with Crippen molar-refractivity contribution in [1.29, 1.82) is 0 Å². The van der Waals surface area contributed by atoms with Gasteiger partial charge in [0.2, 0.25) is 0 Å². The topological polar surface area (TPSA) is 41.1 Å². The molecule has 0 aromatic heterocycles. The monoisotopic (exact) mass is 302 g/mol. The predicted octanol–water partition coefficient (Wildman–Crippen LogP) is 3.39. The quantitative estimate of drug-likeness (QED) is 0.810. The third-order valence-corrected chi connectivity index (χ3v) is 5.00. The van der Waals surface area contributed by atoms with Crippen molar-refractivity contribution in [2.24, 2.45) is 11.8 Å². The Kier molecular flexibility index (Phi) is 6.91. The van der Waals surface area contributed by atoms with Gasteiger partial charge in [-0.3, -0.25) is 4.79 Å². The molecule has 0 atom stereocenters. The summed E-state index contributed by atoms with van der Waals surface area (Å²) in [6.07, 6.45) is 7.38. The molecule has 2 rings (SSSR count). The van der Waals surface area contributed by atoms with Gasteiger partial charge in [0.1, 0.15) is 0 Å². The first-order valence-electron chi connectivity index (χ1n) is 8.75. The van der Waals surface area contributed by atoms with Crippen molar-refractivity contribution < 1.29 is 4.79 Å². The van der Waals surface area contributed by atoms with Gasteiger partial charge in [-0.1, -0.05) is 44.4 Å². The second-order valence-electron chi connectivity index (χ2n) is 6.52. The highest BCUT2D eigenvalue weighted by Crippen LogP contribution is 2.30. The first-order valence-corrected chi connectivity index (χ1v) is 8.75. The van der Waals surface area contributed by atoms with Crippen molar-refractivity contribution in [3.63, 3.8) is 0 Å². The number of benzene rings is 1. The molecule has 1 saturated carbocycles. The maximum absolute atomic E-state index is 12.5. The Balaban J connectivity index is 1.85. The highest BCUT2D eigenvalue weighted by atomic mass is 16.1. The summed E-state index contributed by atoms with van der Waals surface area (Å²) in [6.45, 7) is 4.01. The molecule has 1 aliphatic rings. The van der Waals surface area contributed by atoms with Crippen LogP contribution in [0.5, 0.6) is 0 Å². The van der Waals surface area contributed by atoms with E-state index in [1.54, 1.807) is 0 Å². The van der Waals surface area contributed by atoms with Crippen LogP contribution in [0, 0.1) is 11.8 Å². The van der Waals surface area contributed by atoms with E-state index in [0.29, 0.717) is 5.92 Å². The number of hydrogen-bond donors (Lipinski definition) is 2. The lowest BCUT2D eigenvalue weighted by atomic mass is 9.81. The van der Waals surface area contributed by atoms with Crippen LogP contribution < -0.4 is 10.6 Å². The molecular weight excluding hydrogens is 272 g/mol. The summed E-state index contributed by atoms with van der Waals surface area (Å²) in [5.74, 6) is 1.66. The minimum atomic E-state index is 0.0873. The maximum atomic E-state index is 12.5. The lowest BCUT2D eigenvalue weighted by Crippen LogP contribution is -2.32. The van der Waals surface area contributed by atoms with Gasteiger partial charge >= 0.3 is 0 Å². The van der Waals surface area contributed by atoms with Crippen molar-refractivity contribution in [1.82, 2.24) is 10.6 Å². The van der Waals surface area contributed by atoms with E-state index in [9.17, 15) is 4.79 Å². The van der Waals surface area contributed by atoms with Crippen LogP contribution in [-0.2, 0) is 6.42 Å². The normalized spacial score (nSPS) is 21.5. The summed E-state index contributed by atoms with van der Waals surface area (Å²) in [5, 5.41) is 6.30. The summed E-state index contributed by atoms with van der Waals surface area (Å²) in [4.78, 5) is 12.5. The van der Waals surface area contributed by atoms with E-state index >= 15 is 0 Å². The van der Waals surface area contributed by atoms with Gasteiger partial charge < -0.3 is 10.6 Å². The summed E-state index contributed by atoms with van der Waals surface area (Å²) < 4.78 is 0. The molecule has 0 saturated heterocycles. The molecule has 122 valence electrons. The van der Waals surface area contributed by atoms with Crippen LogP contribution in [0.1, 0.15) is 54.9 Å². The number of hydrogen-bond acceptors (Lipinski definition) is 2. The molecule has 0 unspecified atom stereocenters. The number of likely N-dealkylation sites (N-methyl/N-ethyl adjacent to an activating group) is 1. The van der Waals surface area contributed by atoms with E-state index in [-0.39, 0.29) is 5.91 Å². The first-order chi connectivity index (χ1) is 10.7. The van der Waals surface area contributed by atoms with E-state index in [2.05, 4.69) is 23.6 Å². The summed E-state index contributed by atoms with van der Waals surface area (Å²) in [5.41, 5.74) is 1.96. The lowest BCUT2D eigenvalue weighted by Gasteiger charge is -2.27. The van der Waals surface area contributed by atoms with Gasteiger partial charge in [0, 0.05) is 12.1 Å². The molecule has 3 heteroatoms. The molecule has 0 bridgehead atoms. The van der Waals surface area contributed by atoms with E-state index in [1.807, 2.05) is 25.2 Å². The molecule has 0 radical (unpaired) electrons. The minimum Gasteiger partial charge on any atom is -0.352 e. The zero-order valence-corrected chi connectivity index (χ0v) is 14.0.